The van der Waals surface area contributed by atoms with Crippen LogP contribution in [0.15, 0.2) is 12.7 Å². The van der Waals surface area contributed by atoms with Crippen LogP contribution in [0.4, 0.5) is 0 Å². The lowest BCUT2D eigenvalue weighted by Gasteiger charge is -1.95. The Bertz CT molecular complexity index is 54.5. The fraction of sp³-hybridized carbons (Fsp3) is 0.667. The van der Waals surface area contributed by atoms with Crippen LogP contribution in [0.25, 0.3) is 0 Å². The lowest BCUT2D eigenvalue weighted by Crippen LogP contribution is -2.15. The third-order valence-electron chi connectivity index (χ3n) is 0.800. The van der Waals surface area contributed by atoms with Crippen molar-refractivity contribution in [3.63, 3.8) is 0 Å². The molecule has 8 heavy (non-hydrogen) atoms. The Labute approximate surface area is 50.2 Å². The first-order chi connectivity index (χ1) is 3.91. The van der Waals surface area contributed by atoms with Gasteiger partial charge < -0.3 is 10.4 Å². The van der Waals surface area contributed by atoms with Gasteiger partial charge in [-0.05, 0) is 13.0 Å². The van der Waals surface area contributed by atoms with Gasteiger partial charge in [-0.25, -0.2) is 0 Å². The molecule has 2 heteroatoms. The summed E-state index contributed by atoms with van der Waals surface area (Å²) in [6.07, 6.45) is 2.63. The second-order valence-electron chi connectivity index (χ2n) is 1.57. The molecule has 0 aliphatic rings. The smallest absolute Gasteiger partial charge is 0.0443 e. The van der Waals surface area contributed by atoms with Crippen LogP contribution in [0.5, 0.6) is 0 Å². The number of nitrogens with one attached hydrogen (secondary N) is 1. The Morgan fingerprint density at radius 3 is 2.88 bits per heavy atom. The molecule has 0 rings (SSSR count). The maximum absolute atomic E-state index is 8.30. The van der Waals surface area contributed by atoms with Gasteiger partial charge >= 0.3 is 0 Å². The Kier molecular flexibility index (Phi) is 6.38. The predicted octanol–water partition coefficient (Wildman–Crippen LogP) is 0.144. The van der Waals surface area contributed by atoms with Crippen LogP contribution < -0.4 is 5.32 Å². The zero-order chi connectivity index (χ0) is 6.24. The fourth-order valence-corrected chi connectivity index (χ4v) is 0.408. The van der Waals surface area contributed by atoms with Gasteiger partial charge in [0.25, 0.3) is 0 Å². The molecule has 2 nitrogen and oxygen atoms in total. The van der Waals surface area contributed by atoms with Crippen LogP contribution in [-0.4, -0.2) is 24.8 Å². The summed E-state index contributed by atoms with van der Waals surface area (Å²) in [5, 5.41) is 11.4. The van der Waals surface area contributed by atoms with E-state index in [9.17, 15) is 0 Å². The summed E-state index contributed by atoms with van der Waals surface area (Å²) in [6, 6.07) is 0. The Balaban J connectivity index is 2.62. The molecule has 48 valence electrons. The van der Waals surface area contributed by atoms with E-state index < -0.39 is 0 Å². The highest BCUT2D eigenvalue weighted by Crippen LogP contribution is 1.69. The number of hydrogen-bond donors (Lipinski definition) is 2. The van der Waals surface area contributed by atoms with Gasteiger partial charge in [-0.15, -0.1) is 6.58 Å². The van der Waals surface area contributed by atoms with Crippen molar-refractivity contribution in [3.05, 3.63) is 12.7 Å². The van der Waals surface area contributed by atoms with E-state index in [1.165, 1.54) is 0 Å². The highest BCUT2D eigenvalue weighted by atomic mass is 16.3. The van der Waals surface area contributed by atoms with Crippen LogP contribution in [0.2, 0.25) is 0 Å². The fourth-order valence-electron chi connectivity index (χ4n) is 0.408. The largest absolute Gasteiger partial charge is 0.396 e. The molecule has 0 aromatic heterocycles. The van der Waals surface area contributed by atoms with Gasteiger partial charge in [-0.2, -0.15) is 0 Å². The quantitative estimate of drug-likeness (QED) is 0.394. The minimum absolute atomic E-state index is 0.268. The van der Waals surface area contributed by atoms with Crippen LogP contribution >= 0.6 is 0 Å². The summed E-state index contributed by atoms with van der Waals surface area (Å²) >= 11 is 0. The molecule has 0 aliphatic heterocycles. The van der Waals surface area contributed by atoms with Crippen molar-refractivity contribution in [2.75, 3.05) is 19.7 Å². The lowest BCUT2D eigenvalue weighted by molar-refractivity contribution is 0.287. The van der Waals surface area contributed by atoms with Gasteiger partial charge in [0.2, 0.25) is 0 Å². The molecule has 0 spiro atoms. The average molecular weight is 115 g/mol. The number of aliphatic hydroxyl groups is 1. The number of aliphatic hydroxyl groups excluding tert-OH is 1. The van der Waals surface area contributed by atoms with Crippen LogP contribution in [0.1, 0.15) is 6.42 Å². The van der Waals surface area contributed by atoms with Crippen molar-refractivity contribution in [2.24, 2.45) is 0 Å². The highest BCUT2D eigenvalue weighted by Gasteiger charge is 1.79. The van der Waals surface area contributed by atoms with Gasteiger partial charge in [-0.3, -0.25) is 0 Å². The molecule has 0 atom stereocenters. The van der Waals surface area contributed by atoms with Crippen molar-refractivity contribution in [3.8, 4) is 0 Å². The lowest BCUT2D eigenvalue weighted by atomic mass is 10.4. The minimum atomic E-state index is 0.268. The summed E-state index contributed by atoms with van der Waals surface area (Å²) in [6.45, 7) is 5.51. The first-order valence-corrected chi connectivity index (χ1v) is 2.84. The van der Waals surface area contributed by atoms with E-state index in [-0.39, 0.29) is 6.61 Å². The molecule has 0 radical (unpaired) electrons. The maximum Gasteiger partial charge on any atom is 0.0443 e. The van der Waals surface area contributed by atoms with Crippen molar-refractivity contribution in [1.82, 2.24) is 5.32 Å². The molecule has 0 amide bonds. The molecule has 0 bridgehead atoms. The summed E-state index contributed by atoms with van der Waals surface area (Å²) in [5.41, 5.74) is 0. The van der Waals surface area contributed by atoms with E-state index in [0.29, 0.717) is 0 Å². The van der Waals surface area contributed by atoms with Gasteiger partial charge in [0.05, 0.1) is 0 Å². The first-order valence-electron chi connectivity index (χ1n) is 2.84. The Hall–Kier alpha value is -0.340. The topological polar surface area (TPSA) is 32.3 Å². The molecule has 0 saturated heterocycles. The molecule has 0 aromatic carbocycles. The third-order valence-corrected chi connectivity index (χ3v) is 0.800. The molecule has 0 aromatic rings. The molecule has 2 N–H and O–H groups in total. The Morgan fingerprint density at radius 2 is 2.38 bits per heavy atom. The first kappa shape index (κ1) is 7.66. The SMILES string of the molecule is C=CCNCCCO. The number of rotatable bonds is 5. The summed E-state index contributed by atoms with van der Waals surface area (Å²) < 4.78 is 0. The number of hydrogen-bond acceptors (Lipinski definition) is 2. The molecular formula is C6H13NO. The van der Waals surface area contributed by atoms with Gasteiger partial charge in [0.15, 0.2) is 0 Å². The second kappa shape index (κ2) is 6.66. The standard InChI is InChI=1S/C6H13NO/c1-2-4-7-5-3-6-8/h2,7-8H,1,3-6H2. The third kappa shape index (κ3) is 5.66. The van der Waals surface area contributed by atoms with E-state index in [1.807, 2.05) is 0 Å². The van der Waals surface area contributed by atoms with Crippen LogP contribution in [0, 0.1) is 0 Å². The van der Waals surface area contributed by atoms with Crippen molar-refractivity contribution in [1.29, 1.82) is 0 Å². The van der Waals surface area contributed by atoms with E-state index in [0.717, 1.165) is 19.5 Å². The summed E-state index contributed by atoms with van der Waals surface area (Å²) in [5.74, 6) is 0. The average Bonchev–Trinajstić information content (AvgIpc) is 1.81. The second-order valence-corrected chi connectivity index (χ2v) is 1.57. The van der Waals surface area contributed by atoms with Crippen molar-refractivity contribution < 1.29 is 5.11 Å². The van der Waals surface area contributed by atoms with Gasteiger partial charge in [0.1, 0.15) is 0 Å². The summed E-state index contributed by atoms with van der Waals surface area (Å²) in [4.78, 5) is 0. The molecule has 0 fully saturated rings. The van der Waals surface area contributed by atoms with Crippen molar-refractivity contribution in [2.45, 2.75) is 6.42 Å². The zero-order valence-corrected chi connectivity index (χ0v) is 5.06. The van der Waals surface area contributed by atoms with E-state index >= 15 is 0 Å². The van der Waals surface area contributed by atoms with Crippen LogP contribution in [-0.2, 0) is 0 Å². The Morgan fingerprint density at radius 1 is 1.62 bits per heavy atom. The highest BCUT2D eigenvalue weighted by molar-refractivity contribution is 4.68. The maximum atomic E-state index is 8.30. The molecular weight excluding hydrogens is 102 g/mol. The molecule has 0 saturated carbocycles. The van der Waals surface area contributed by atoms with E-state index in [1.54, 1.807) is 6.08 Å². The van der Waals surface area contributed by atoms with Crippen LogP contribution in [0.3, 0.4) is 0 Å². The monoisotopic (exact) mass is 115 g/mol. The van der Waals surface area contributed by atoms with Crippen molar-refractivity contribution >= 4 is 0 Å². The minimum Gasteiger partial charge on any atom is -0.396 e. The molecule has 0 heterocycles. The van der Waals surface area contributed by atoms with Gasteiger partial charge in [0, 0.05) is 13.2 Å². The van der Waals surface area contributed by atoms with E-state index in [4.69, 9.17) is 5.11 Å². The summed E-state index contributed by atoms with van der Waals surface area (Å²) in [7, 11) is 0. The zero-order valence-electron chi connectivity index (χ0n) is 5.06. The molecule has 0 aliphatic carbocycles. The molecule has 0 unspecified atom stereocenters. The van der Waals surface area contributed by atoms with E-state index in [2.05, 4.69) is 11.9 Å². The normalized spacial score (nSPS) is 9.12. The predicted molar refractivity (Wildman–Crippen MR) is 34.8 cm³/mol. The van der Waals surface area contributed by atoms with Gasteiger partial charge in [-0.1, -0.05) is 6.08 Å².